The average Bonchev–Trinajstić information content (AvgIpc) is 3.31. The fraction of sp³-hybridized carbons (Fsp3) is 0.345. The summed E-state index contributed by atoms with van der Waals surface area (Å²) in [6, 6.07) is 9.11. The molecule has 12 heteroatoms. The fourth-order valence-corrected chi connectivity index (χ4v) is 5.38. The second-order valence-corrected chi connectivity index (χ2v) is 10.2. The standard InChI is InChI=1S/C29H25F4N5O3/c30-19-11-20(31)13-22(12-19)37(26(18-4-2-1-3-5-18)27(40)36-21-14-29(32,33)15-21)28(41)23-6-7-25(39)38(23)24-10-17(16-34)8-9-35-24/h1-5,8-12,20-21,23,26H,6-7,13-15H2,(H,36,40)/t20?,23-,26-/m0/s1. The summed E-state index contributed by atoms with van der Waals surface area (Å²) < 4.78 is 56.2. The molecule has 2 fully saturated rings. The van der Waals surface area contributed by atoms with Gasteiger partial charge < -0.3 is 5.32 Å². The monoisotopic (exact) mass is 567 g/mol. The number of rotatable bonds is 7. The quantitative estimate of drug-likeness (QED) is 0.499. The topological polar surface area (TPSA) is 106 Å². The van der Waals surface area contributed by atoms with E-state index in [2.05, 4.69) is 10.3 Å². The van der Waals surface area contributed by atoms with Gasteiger partial charge in [0.2, 0.25) is 11.8 Å². The number of hydrogen-bond donors (Lipinski definition) is 1. The summed E-state index contributed by atoms with van der Waals surface area (Å²) in [5.41, 5.74) is 0.318. The summed E-state index contributed by atoms with van der Waals surface area (Å²) in [6.45, 7) is 0. The maximum Gasteiger partial charge on any atom is 0.252 e. The SMILES string of the molecule is N#Cc1ccnc(N2C(=O)CC[C@H]2C(=O)N(C2=CC(F)=CC(F)C2)[C@H](C(=O)NC2CC(F)(F)C2)c2ccccc2)c1. The number of nitrogens with zero attached hydrogens (tertiary/aromatic N) is 4. The van der Waals surface area contributed by atoms with Gasteiger partial charge in [0.05, 0.1) is 11.6 Å². The predicted molar refractivity (Wildman–Crippen MR) is 138 cm³/mol. The third-order valence-corrected chi connectivity index (χ3v) is 7.27. The van der Waals surface area contributed by atoms with Crippen molar-refractivity contribution in [2.24, 2.45) is 0 Å². The van der Waals surface area contributed by atoms with Crippen LogP contribution in [0.25, 0.3) is 0 Å². The first-order valence-electron chi connectivity index (χ1n) is 13.0. The highest BCUT2D eigenvalue weighted by Crippen LogP contribution is 2.39. The van der Waals surface area contributed by atoms with E-state index in [1.54, 1.807) is 18.2 Å². The number of nitriles is 1. The van der Waals surface area contributed by atoms with Gasteiger partial charge in [0.25, 0.3) is 11.8 Å². The molecular weight excluding hydrogens is 542 g/mol. The molecule has 1 unspecified atom stereocenters. The lowest BCUT2D eigenvalue weighted by Gasteiger charge is -2.40. The molecule has 1 aliphatic heterocycles. The molecule has 1 N–H and O–H groups in total. The molecular formula is C29H25F4N5O3. The number of halogens is 4. The minimum absolute atomic E-state index is 0.00919. The van der Waals surface area contributed by atoms with Gasteiger partial charge in [-0.25, -0.2) is 22.5 Å². The summed E-state index contributed by atoms with van der Waals surface area (Å²) in [4.78, 5) is 47.3. The van der Waals surface area contributed by atoms with Gasteiger partial charge >= 0.3 is 0 Å². The average molecular weight is 568 g/mol. The largest absolute Gasteiger partial charge is 0.351 e. The first-order valence-corrected chi connectivity index (χ1v) is 13.0. The normalized spacial score (nSPS) is 22.6. The highest BCUT2D eigenvalue weighted by atomic mass is 19.3. The number of benzene rings is 1. The molecule has 1 saturated heterocycles. The number of amides is 3. The van der Waals surface area contributed by atoms with Crippen LogP contribution in [0.3, 0.4) is 0 Å². The van der Waals surface area contributed by atoms with E-state index in [0.717, 1.165) is 22.0 Å². The van der Waals surface area contributed by atoms with Crippen molar-refractivity contribution >= 4 is 23.5 Å². The zero-order valence-electron chi connectivity index (χ0n) is 21.6. The summed E-state index contributed by atoms with van der Waals surface area (Å²) in [6.07, 6.45) is -0.445. The van der Waals surface area contributed by atoms with E-state index >= 15 is 0 Å². The highest BCUT2D eigenvalue weighted by Gasteiger charge is 2.49. The molecule has 1 saturated carbocycles. The van der Waals surface area contributed by atoms with Crippen LogP contribution >= 0.6 is 0 Å². The van der Waals surface area contributed by atoms with E-state index in [-0.39, 0.29) is 35.5 Å². The maximum atomic E-state index is 14.6. The van der Waals surface area contributed by atoms with E-state index in [4.69, 9.17) is 0 Å². The molecule has 0 spiro atoms. The zero-order chi connectivity index (χ0) is 29.3. The molecule has 0 radical (unpaired) electrons. The van der Waals surface area contributed by atoms with Gasteiger partial charge in [-0.05, 0) is 36.3 Å². The van der Waals surface area contributed by atoms with Crippen molar-refractivity contribution in [3.8, 4) is 6.07 Å². The van der Waals surface area contributed by atoms with Crippen LogP contribution in [-0.2, 0) is 14.4 Å². The molecule has 8 nitrogen and oxygen atoms in total. The molecule has 212 valence electrons. The van der Waals surface area contributed by atoms with Crippen LogP contribution in [0.4, 0.5) is 23.4 Å². The van der Waals surface area contributed by atoms with Crippen LogP contribution in [0, 0.1) is 11.3 Å². The van der Waals surface area contributed by atoms with Gasteiger partial charge in [0.15, 0.2) is 0 Å². The van der Waals surface area contributed by atoms with Crippen molar-refractivity contribution in [1.82, 2.24) is 15.2 Å². The Bertz CT molecular complexity index is 1460. The van der Waals surface area contributed by atoms with E-state index < -0.39 is 73.0 Å². The van der Waals surface area contributed by atoms with Gasteiger partial charge in [-0.3, -0.25) is 24.2 Å². The zero-order valence-corrected chi connectivity index (χ0v) is 21.6. The fourth-order valence-electron chi connectivity index (χ4n) is 5.38. The molecule has 2 aliphatic carbocycles. The number of aromatic nitrogens is 1. The Morgan fingerprint density at radius 1 is 1.20 bits per heavy atom. The molecule has 3 atom stereocenters. The first kappa shape index (κ1) is 28.0. The van der Waals surface area contributed by atoms with Crippen LogP contribution in [-0.4, -0.2) is 51.8 Å². The van der Waals surface area contributed by atoms with E-state index in [0.29, 0.717) is 0 Å². The molecule has 0 bridgehead atoms. The van der Waals surface area contributed by atoms with Crippen molar-refractivity contribution in [2.75, 3.05) is 4.90 Å². The third-order valence-electron chi connectivity index (χ3n) is 7.27. The number of carbonyl (C=O) groups excluding carboxylic acids is 3. The second-order valence-electron chi connectivity index (χ2n) is 10.2. The molecule has 2 heterocycles. The predicted octanol–water partition coefficient (Wildman–Crippen LogP) is 4.41. The molecule has 1 aromatic heterocycles. The molecule has 1 aromatic carbocycles. The number of anilines is 1. The van der Waals surface area contributed by atoms with Crippen molar-refractivity contribution in [1.29, 1.82) is 5.26 Å². The van der Waals surface area contributed by atoms with Crippen molar-refractivity contribution in [2.45, 2.75) is 62.3 Å². The Hall–Kier alpha value is -4.53. The highest BCUT2D eigenvalue weighted by molar-refractivity contribution is 6.04. The third kappa shape index (κ3) is 5.84. The lowest BCUT2D eigenvalue weighted by molar-refractivity contribution is -0.143. The van der Waals surface area contributed by atoms with Gasteiger partial charge in [0, 0.05) is 43.6 Å². The summed E-state index contributed by atoms with van der Waals surface area (Å²) >= 11 is 0. The summed E-state index contributed by atoms with van der Waals surface area (Å²) in [5.74, 6) is -5.92. The summed E-state index contributed by atoms with van der Waals surface area (Å²) in [5, 5.41) is 11.9. The Morgan fingerprint density at radius 3 is 2.59 bits per heavy atom. The van der Waals surface area contributed by atoms with Gasteiger partial charge in [-0.2, -0.15) is 5.26 Å². The summed E-state index contributed by atoms with van der Waals surface area (Å²) in [7, 11) is 0. The maximum absolute atomic E-state index is 14.6. The number of carbonyl (C=O) groups is 3. The van der Waals surface area contributed by atoms with Crippen molar-refractivity contribution in [3.05, 3.63) is 83.5 Å². The Morgan fingerprint density at radius 2 is 1.93 bits per heavy atom. The molecule has 5 rings (SSSR count). The number of pyridine rings is 1. The first-order chi connectivity index (χ1) is 19.6. The smallest absolute Gasteiger partial charge is 0.252 e. The molecule has 41 heavy (non-hydrogen) atoms. The van der Waals surface area contributed by atoms with Crippen molar-refractivity contribution in [3.63, 3.8) is 0 Å². The van der Waals surface area contributed by atoms with E-state index in [1.165, 1.54) is 30.5 Å². The number of allylic oxidation sites excluding steroid dienone is 4. The number of hydrogen-bond acceptors (Lipinski definition) is 5. The minimum Gasteiger partial charge on any atom is -0.351 e. The Kier molecular flexibility index (Phi) is 7.62. The minimum atomic E-state index is -2.92. The lowest BCUT2D eigenvalue weighted by Crippen LogP contribution is -2.55. The Balaban J connectivity index is 1.58. The van der Waals surface area contributed by atoms with Crippen LogP contribution in [0.5, 0.6) is 0 Å². The molecule has 2 aromatic rings. The van der Waals surface area contributed by atoms with E-state index in [1.807, 2.05) is 6.07 Å². The van der Waals surface area contributed by atoms with Crippen LogP contribution < -0.4 is 10.2 Å². The lowest BCUT2D eigenvalue weighted by atomic mass is 9.87. The van der Waals surface area contributed by atoms with Crippen LogP contribution in [0.15, 0.2) is 72.3 Å². The van der Waals surface area contributed by atoms with E-state index in [9.17, 15) is 37.2 Å². The van der Waals surface area contributed by atoms with Crippen LogP contribution in [0.2, 0.25) is 0 Å². The molecule has 3 amide bonds. The van der Waals surface area contributed by atoms with Gasteiger partial charge in [0.1, 0.15) is 29.9 Å². The van der Waals surface area contributed by atoms with Gasteiger partial charge in [-0.1, -0.05) is 30.3 Å². The Labute approximate surface area is 232 Å². The number of alkyl halides is 3. The van der Waals surface area contributed by atoms with Crippen molar-refractivity contribution < 1.29 is 31.9 Å². The van der Waals surface area contributed by atoms with Gasteiger partial charge in [-0.15, -0.1) is 0 Å². The van der Waals surface area contributed by atoms with Crippen LogP contribution in [0.1, 0.15) is 49.3 Å². The second kappa shape index (κ2) is 11.2. The number of nitrogens with one attached hydrogen (secondary N) is 1. The molecule has 3 aliphatic rings.